The van der Waals surface area contributed by atoms with Crippen LogP contribution in [-0.4, -0.2) is 57.1 Å². The van der Waals surface area contributed by atoms with Crippen molar-refractivity contribution < 1.29 is 29.3 Å². The van der Waals surface area contributed by atoms with Gasteiger partial charge in [-0.3, -0.25) is 9.59 Å². The molecule has 0 radical (unpaired) electrons. The third kappa shape index (κ3) is 11.8. The average Bonchev–Trinajstić information content (AvgIpc) is 3.89. The number of aromatic nitrogens is 1. The molecule has 1 aliphatic heterocycles. The third-order valence-electron chi connectivity index (χ3n) is 10.8. The van der Waals surface area contributed by atoms with E-state index in [0.29, 0.717) is 60.1 Å². The van der Waals surface area contributed by atoms with E-state index in [0.717, 1.165) is 58.8 Å². The van der Waals surface area contributed by atoms with Crippen LogP contribution in [0.15, 0.2) is 97.2 Å². The summed E-state index contributed by atoms with van der Waals surface area (Å²) < 4.78 is 10.7. The van der Waals surface area contributed by atoms with Crippen LogP contribution in [0.5, 0.6) is 11.5 Å². The highest BCUT2D eigenvalue weighted by Gasteiger charge is 2.34. The molecule has 0 unspecified atom stereocenters. The molecule has 8 rings (SSSR count). The van der Waals surface area contributed by atoms with Crippen molar-refractivity contribution in [3.63, 3.8) is 0 Å². The van der Waals surface area contributed by atoms with Crippen molar-refractivity contribution in [3.05, 3.63) is 129 Å². The first-order valence-corrected chi connectivity index (χ1v) is 20.8. The number of amides is 2. The first kappa shape index (κ1) is 41.7. The molecule has 59 heavy (non-hydrogen) atoms. The Morgan fingerprint density at radius 1 is 0.746 bits per heavy atom. The first-order chi connectivity index (χ1) is 28.5. The number of hydrogen-bond donors (Lipinski definition) is 5. The van der Waals surface area contributed by atoms with Crippen LogP contribution in [0.3, 0.4) is 0 Å². The number of halogens is 2. The molecule has 0 bridgehead atoms. The molecule has 5 aromatic rings. The van der Waals surface area contributed by atoms with Crippen LogP contribution in [0, 0.1) is 23.7 Å². The predicted molar refractivity (Wildman–Crippen MR) is 230 cm³/mol. The van der Waals surface area contributed by atoms with E-state index in [9.17, 15) is 19.8 Å². The largest absolute Gasteiger partial charge is 0.454 e. The van der Waals surface area contributed by atoms with Crippen molar-refractivity contribution in [1.82, 2.24) is 15.6 Å². The number of H-pyrrole nitrogens is 1. The van der Waals surface area contributed by atoms with Gasteiger partial charge in [0.05, 0.1) is 6.42 Å². The summed E-state index contributed by atoms with van der Waals surface area (Å²) >= 11 is 12.0. The molecule has 2 amide bonds. The second-order valence-electron chi connectivity index (χ2n) is 15.5. The molecule has 11 heteroatoms. The van der Waals surface area contributed by atoms with E-state index in [1.54, 1.807) is 24.3 Å². The minimum absolute atomic E-state index is 0.0135. The lowest BCUT2D eigenvalue weighted by Gasteiger charge is -2.33. The number of benzene rings is 4. The van der Waals surface area contributed by atoms with Gasteiger partial charge in [-0.1, -0.05) is 77.2 Å². The highest BCUT2D eigenvalue weighted by molar-refractivity contribution is 6.31. The van der Waals surface area contributed by atoms with E-state index >= 15 is 0 Å². The van der Waals surface area contributed by atoms with Crippen molar-refractivity contribution in [2.24, 2.45) is 0 Å². The quantitative estimate of drug-likeness (QED) is 0.106. The molecule has 5 N–H and O–H groups in total. The lowest BCUT2D eigenvalue weighted by Crippen LogP contribution is -2.45. The molecule has 9 nitrogen and oxygen atoms in total. The molecule has 304 valence electrons. The predicted octanol–water partition coefficient (Wildman–Crippen LogP) is 8.05. The third-order valence-corrected chi connectivity index (χ3v) is 11.3. The second kappa shape index (κ2) is 19.1. The molecule has 2 fully saturated rings. The number of aromatic amines is 1. The van der Waals surface area contributed by atoms with Gasteiger partial charge < -0.3 is 35.3 Å². The summed E-state index contributed by atoms with van der Waals surface area (Å²) in [7, 11) is 0. The summed E-state index contributed by atoms with van der Waals surface area (Å²) in [5.41, 5.74) is 2.45. The van der Waals surface area contributed by atoms with E-state index in [4.69, 9.17) is 32.7 Å². The Morgan fingerprint density at radius 2 is 1.36 bits per heavy atom. The minimum atomic E-state index is -1.11. The first-order valence-electron chi connectivity index (χ1n) is 20.0. The zero-order chi connectivity index (χ0) is 41.2. The Labute approximate surface area is 354 Å². The molecule has 0 spiro atoms. The van der Waals surface area contributed by atoms with Crippen LogP contribution >= 0.6 is 23.2 Å². The molecule has 4 aromatic carbocycles. The normalized spacial score (nSPS) is 21.8. The number of aliphatic hydroxyl groups is 2. The Bertz CT molecular complexity index is 2430. The van der Waals surface area contributed by atoms with Crippen LogP contribution in [0.2, 0.25) is 10.0 Å². The maximum Gasteiger partial charge on any atom is 0.231 e. The van der Waals surface area contributed by atoms with Crippen LogP contribution < -0.4 is 20.1 Å². The van der Waals surface area contributed by atoms with Crippen molar-refractivity contribution in [2.45, 2.75) is 93.9 Å². The standard InChI is InChI=1S/C25H25ClN2O2.C23H22ClNO4/c26-20-6-1-4-18(16-20)11-14-25(30)13-3-7-21(17-25)28-24(29)10-9-19-5-2-8-23-22(19)12-15-27-23;24-18-4-1-3-16(11-18)8-10-23(27)9-2-5-19(14-23)25-22(26)13-17-6-7-20-21(12-17)29-15-28-20/h1-2,4-6,8,12,15-16,21,27,30H,3,7,9-10,13,17H2,(H,28,29);1,3-4,6-7,11-12,19,27H,2,5,9,13-15H2,(H,25,26)/t21-,25+;19-,23+/m00/s1. The molecule has 4 atom stereocenters. The molecule has 3 aliphatic rings. The van der Waals surface area contributed by atoms with Crippen LogP contribution in [0.1, 0.15) is 80.0 Å². The summed E-state index contributed by atoms with van der Waals surface area (Å²) in [4.78, 5) is 28.2. The van der Waals surface area contributed by atoms with Crippen molar-refractivity contribution in [1.29, 1.82) is 0 Å². The topological polar surface area (TPSA) is 133 Å². The van der Waals surface area contributed by atoms with Gasteiger partial charge in [-0.25, -0.2) is 0 Å². The number of hydrogen-bond acceptors (Lipinski definition) is 6. The molecule has 2 heterocycles. The van der Waals surface area contributed by atoms with Crippen molar-refractivity contribution >= 4 is 45.9 Å². The van der Waals surface area contributed by atoms with E-state index in [1.165, 1.54) is 0 Å². The molecular weight excluding hydrogens is 785 g/mol. The maximum atomic E-state index is 12.5. The summed E-state index contributed by atoms with van der Waals surface area (Å²) in [6.07, 6.45) is 8.66. The van der Waals surface area contributed by atoms with Crippen molar-refractivity contribution in [2.75, 3.05) is 6.79 Å². The van der Waals surface area contributed by atoms with Crippen LogP contribution in [-0.2, 0) is 22.4 Å². The Balaban J connectivity index is 0.000000179. The van der Waals surface area contributed by atoms with Gasteiger partial charge in [0, 0.05) is 69.6 Å². The number of ether oxygens (including phenoxy) is 2. The van der Waals surface area contributed by atoms with E-state index in [2.05, 4.69) is 45.4 Å². The SMILES string of the molecule is O=C(CCc1cccc2[nH]ccc12)N[C@H]1CCC[C@@](O)(C#Cc2cccc(Cl)c2)C1.O=C(Cc1ccc2c(c1)OCO2)N[C@H]1CCC[C@@](O)(C#Cc2cccc(Cl)c2)C1. The Hall–Kier alpha value is -5.42. The zero-order valence-electron chi connectivity index (χ0n) is 32.7. The van der Waals surface area contributed by atoms with Gasteiger partial charge in [0.1, 0.15) is 11.2 Å². The van der Waals surface area contributed by atoms with Crippen molar-refractivity contribution in [3.8, 4) is 35.2 Å². The van der Waals surface area contributed by atoms with Crippen LogP contribution in [0.4, 0.5) is 0 Å². The highest BCUT2D eigenvalue weighted by atomic mass is 35.5. The van der Waals surface area contributed by atoms with E-state index in [1.807, 2.05) is 66.9 Å². The molecular formula is C48H47Cl2N3O6. The number of nitrogens with one attached hydrogen (secondary N) is 3. The zero-order valence-corrected chi connectivity index (χ0v) is 34.2. The summed E-state index contributed by atoms with van der Waals surface area (Å²) in [5.74, 6) is 13.3. The maximum absolute atomic E-state index is 12.5. The molecule has 1 aromatic heterocycles. The van der Waals surface area contributed by atoms with Gasteiger partial charge in [-0.05, 0) is 117 Å². The number of carbonyl (C=O) groups excluding carboxylic acids is 2. The fourth-order valence-electron chi connectivity index (χ4n) is 7.92. The Morgan fingerprint density at radius 3 is 2.00 bits per heavy atom. The Kier molecular flexibility index (Phi) is 13.5. The number of fused-ring (bicyclic) bond motifs is 2. The highest BCUT2D eigenvalue weighted by Crippen LogP contribution is 2.33. The molecule has 2 saturated carbocycles. The molecule has 0 saturated heterocycles. The van der Waals surface area contributed by atoms with Gasteiger partial charge >= 0.3 is 0 Å². The van der Waals surface area contributed by atoms with Gasteiger partial charge in [0.2, 0.25) is 18.6 Å². The number of rotatable bonds is 7. The average molecular weight is 833 g/mol. The van der Waals surface area contributed by atoms with Gasteiger partial charge in [0.15, 0.2) is 11.5 Å². The summed E-state index contributed by atoms with van der Waals surface area (Å²) in [5, 5.41) is 30.4. The smallest absolute Gasteiger partial charge is 0.231 e. The van der Waals surface area contributed by atoms with E-state index < -0.39 is 11.2 Å². The summed E-state index contributed by atoms with van der Waals surface area (Å²) in [6, 6.07) is 28.0. The fraction of sp³-hybridized carbons (Fsp3) is 0.333. The summed E-state index contributed by atoms with van der Waals surface area (Å²) in [6.45, 7) is 0.210. The second-order valence-corrected chi connectivity index (χ2v) is 16.4. The van der Waals surface area contributed by atoms with Gasteiger partial charge in [-0.15, -0.1) is 0 Å². The van der Waals surface area contributed by atoms with Gasteiger partial charge in [0.25, 0.3) is 0 Å². The lowest BCUT2D eigenvalue weighted by atomic mass is 9.82. The van der Waals surface area contributed by atoms with E-state index in [-0.39, 0.29) is 37.1 Å². The fourth-order valence-corrected chi connectivity index (χ4v) is 8.30. The van der Waals surface area contributed by atoms with Crippen LogP contribution in [0.25, 0.3) is 10.9 Å². The molecule has 2 aliphatic carbocycles. The minimum Gasteiger partial charge on any atom is -0.454 e. The number of aryl methyl sites for hydroxylation is 1. The number of carbonyl (C=O) groups is 2. The van der Waals surface area contributed by atoms with Gasteiger partial charge in [-0.2, -0.15) is 0 Å². The lowest BCUT2D eigenvalue weighted by molar-refractivity contribution is -0.123. The monoisotopic (exact) mass is 831 g/mol.